The van der Waals surface area contributed by atoms with E-state index < -0.39 is 16.8 Å². The van der Waals surface area contributed by atoms with Gasteiger partial charge in [-0.15, -0.1) is 0 Å². The fraction of sp³-hybridized carbons (Fsp3) is 0.286. The van der Waals surface area contributed by atoms with E-state index in [9.17, 15) is 14.4 Å². The van der Waals surface area contributed by atoms with Crippen molar-refractivity contribution in [2.24, 2.45) is 5.73 Å². The maximum Gasteiger partial charge on any atom is 0.337 e. The summed E-state index contributed by atoms with van der Waals surface area (Å²) < 4.78 is 10.5. The van der Waals surface area contributed by atoms with Crippen LogP contribution in [-0.4, -0.2) is 21.9 Å². The second kappa shape index (κ2) is 10.6. The van der Waals surface area contributed by atoms with Gasteiger partial charge in [0.2, 0.25) is 0 Å². The molecule has 0 spiro atoms. The van der Waals surface area contributed by atoms with Gasteiger partial charge in [-0.1, -0.05) is 72.4 Å². The lowest BCUT2D eigenvalue weighted by Gasteiger charge is -2.25. The molecule has 28 heavy (non-hydrogen) atoms. The standard InChI is InChI=1S/C21H23NO5S/c1-16(23)28-21(22,20(25)27-15-18-10-6-3-7-11-18)13-12-19(24)26-14-17-8-4-2-5-9-17/h2-11H,12-15,22H2,1H3. The zero-order valence-electron chi connectivity index (χ0n) is 15.6. The molecular formula is C21H23NO5S. The summed E-state index contributed by atoms with van der Waals surface area (Å²) in [5.74, 6) is -1.24. The van der Waals surface area contributed by atoms with Gasteiger partial charge in [0.15, 0.2) is 9.99 Å². The van der Waals surface area contributed by atoms with Gasteiger partial charge in [-0.2, -0.15) is 0 Å². The van der Waals surface area contributed by atoms with Gasteiger partial charge in [-0.05, 0) is 17.5 Å². The summed E-state index contributed by atoms with van der Waals surface area (Å²) in [6, 6.07) is 18.4. The highest BCUT2D eigenvalue weighted by Crippen LogP contribution is 2.28. The van der Waals surface area contributed by atoms with Crippen LogP contribution in [-0.2, 0) is 37.1 Å². The third-order valence-electron chi connectivity index (χ3n) is 3.83. The molecule has 0 saturated carbocycles. The molecule has 0 fully saturated rings. The van der Waals surface area contributed by atoms with E-state index in [0.29, 0.717) is 11.8 Å². The molecule has 0 heterocycles. The number of carbonyl (C=O) groups excluding carboxylic acids is 3. The summed E-state index contributed by atoms with van der Waals surface area (Å²) >= 11 is 0.658. The summed E-state index contributed by atoms with van der Waals surface area (Å²) in [6.45, 7) is 1.48. The van der Waals surface area contributed by atoms with E-state index in [1.807, 2.05) is 60.7 Å². The molecule has 0 radical (unpaired) electrons. The number of hydrogen-bond acceptors (Lipinski definition) is 7. The van der Waals surface area contributed by atoms with Crippen LogP contribution in [0.25, 0.3) is 0 Å². The second-order valence-electron chi connectivity index (χ2n) is 6.19. The molecule has 7 heteroatoms. The summed E-state index contributed by atoms with van der Waals surface area (Å²) in [4.78, 5) is 34.4. The number of esters is 2. The van der Waals surface area contributed by atoms with E-state index in [1.54, 1.807) is 0 Å². The summed E-state index contributed by atoms with van der Waals surface area (Å²) in [6.07, 6.45) is -0.178. The third kappa shape index (κ3) is 7.17. The van der Waals surface area contributed by atoms with Crippen LogP contribution >= 0.6 is 11.8 Å². The first kappa shape index (κ1) is 21.7. The zero-order chi connectivity index (χ0) is 20.4. The minimum atomic E-state index is -1.65. The number of rotatable bonds is 9. The maximum absolute atomic E-state index is 12.5. The Hall–Kier alpha value is -2.64. The Labute approximate surface area is 168 Å². The molecule has 0 amide bonds. The van der Waals surface area contributed by atoms with Crippen LogP contribution in [0.3, 0.4) is 0 Å². The minimum Gasteiger partial charge on any atom is -0.461 e. The van der Waals surface area contributed by atoms with Crippen LogP contribution in [0, 0.1) is 0 Å². The van der Waals surface area contributed by atoms with E-state index in [-0.39, 0.29) is 31.2 Å². The molecule has 0 saturated heterocycles. The molecule has 2 aromatic carbocycles. The Balaban J connectivity index is 1.90. The summed E-state index contributed by atoms with van der Waals surface area (Å²) in [5, 5.41) is -0.336. The molecule has 148 valence electrons. The molecule has 6 nitrogen and oxygen atoms in total. The normalized spacial score (nSPS) is 12.6. The van der Waals surface area contributed by atoms with Crippen LogP contribution in [0.2, 0.25) is 0 Å². The number of carbonyl (C=O) groups is 3. The highest BCUT2D eigenvalue weighted by Gasteiger charge is 2.38. The number of thioether (sulfide) groups is 1. The lowest BCUT2D eigenvalue weighted by Crippen LogP contribution is -2.47. The van der Waals surface area contributed by atoms with Crippen molar-refractivity contribution in [1.82, 2.24) is 0 Å². The lowest BCUT2D eigenvalue weighted by atomic mass is 10.1. The molecule has 2 rings (SSSR count). The average Bonchev–Trinajstić information content (AvgIpc) is 2.70. The molecule has 1 unspecified atom stereocenters. The molecule has 0 aliphatic rings. The van der Waals surface area contributed by atoms with Crippen molar-refractivity contribution in [1.29, 1.82) is 0 Å². The van der Waals surface area contributed by atoms with Gasteiger partial charge in [0, 0.05) is 13.3 Å². The molecule has 2 aromatic rings. The van der Waals surface area contributed by atoms with E-state index >= 15 is 0 Å². The quantitative estimate of drug-likeness (QED) is 0.509. The Kier molecular flexibility index (Phi) is 8.22. The van der Waals surface area contributed by atoms with Gasteiger partial charge in [0.25, 0.3) is 0 Å². The largest absolute Gasteiger partial charge is 0.461 e. The molecule has 0 bridgehead atoms. The van der Waals surface area contributed by atoms with Crippen molar-refractivity contribution in [3.8, 4) is 0 Å². The zero-order valence-corrected chi connectivity index (χ0v) is 16.4. The average molecular weight is 401 g/mol. The molecule has 2 N–H and O–H groups in total. The maximum atomic E-state index is 12.5. The van der Waals surface area contributed by atoms with Gasteiger partial charge >= 0.3 is 11.9 Å². The SMILES string of the molecule is CC(=O)SC(N)(CCC(=O)OCc1ccccc1)C(=O)OCc1ccccc1. The van der Waals surface area contributed by atoms with Crippen LogP contribution in [0.15, 0.2) is 60.7 Å². The van der Waals surface area contributed by atoms with Crippen molar-refractivity contribution in [2.45, 2.75) is 37.9 Å². The van der Waals surface area contributed by atoms with E-state index in [1.165, 1.54) is 6.92 Å². The van der Waals surface area contributed by atoms with Gasteiger partial charge in [-0.3, -0.25) is 9.59 Å². The van der Waals surface area contributed by atoms with Crippen LogP contribution in [0.4, 0.5) is 0 Å². The van der Waals surface area contributed by atoms with Crippen molar-refractivity contribution < 1.29 is 23.9 Å². The van der Waals surface area contributed by atoms with Gasteiger partial charge in [0.05, 0.1) is 0 Å². The Morgan fingerprint density at radius 3 is 1.89 bits per heavy atom. The molecule has 1 atom stereocenters. The first-order chi connectivity index (χ1) is 13.4. The van der Waals surface area contributed by atoms with Crippen molar-refractivity contribution in [3.05, 3.63) is 71.8 Å². The van der Waals surface area contributed by atoms with E-state index in [2.05, 4.69) is 0 Å². The van der Waals surface area contributed by atoms with Gasteiger partial charge in [-0.25, -0.2) is 4.79 Å². The van der Waals surface area contributed by atoms with Gasteiger partial charge < -0.3 is 15.2 Å². The third-order valence-corrected chi connectivity index (χ3v) is 4.85. The Morgan fingerprint density at radius 1 is 0.893 bits per heavy atom. The predicted molar refractivity (Wildman–Crippen MR) is 107 cm³/mol. The number of ether oxygens (including phenoxy) is 2. The molecule has 0 aliphatic carbocycles. The first-order valence-corrected chi connectivity index (χ1v) is 9.60. The van der Waals surface area contributed by atoms with Gasteiger partial charge in [0.1, 0.15) is 13.2 Å². The van der Waals surface area contributed by atoms with E-state index in [0.717, 1.165) is 11.1 Å². The fourth-order valence-corrected chi connectivity index (χ4v) is 3.25. The van der Waals surface area contributed by atoms with Crippen molar-refractivity contribution in [2.75, 3.05) is 0 Å². The lowest BCUT2D eigenvalue weighted by molar-refractivity contribution is -0.149. The molecule has 0 aromatic heterocycles. The summed E-state index contributed by atoms with van der Waals surface area (Å²) in [7, 11) is 0. The Bertz CT molecular complexity index is 797. The molecular weight excluding hydrogens is 378 g/mol. The smallest absolute Gasteiger partial charge is 0.337 e. The van der Waals surface area contributed by atoms with E-state index in [4.69, 9.17) is 15.2 Å². The van der Waals surface area contributed by atoms with Crippen molar-refractivity contribution in [3.63, 3.8) is 0 Å². The minimum absolute atomic E-state index is 0.0372. The topological polar surface area (TPSA) is 95.7 Å². The summed E-state index contributed by atoms with van der Waals surface area (Å²) in [5.41, 5.74) is 7.78. The monoisotopic (exact) mass is 401 g/mol. The highest BCUT2D eigenvalue weighted by molar-refractivity contribution is 8.15. The second-order valence-corrected chi connectivity index (χ2v) is 7.70. The number of benzene rings is 2. The number of nitrogens with two attached hydrogens (primary N) is 1. The van der Waals surface area contributed by atoms with Crippen LogP contribution in [0.5, 0.6) is 0 Å². The first-order valence-electron chi connectivity index (χ1n) is 8.78. The predicted octanol–water partition coefficient (Wildman–Crippen LogP) is 3.19. The number of hydrogen-bond donors (Lipinski definition) is 1. The van der Waals surface area contributed by atoms with Crippen LogP contribution in [0.1, 0.15) is 30.9 Å². The Morgan fingerprint density at radius 2 is 1.39 bits per heavy atom. The van der Waals surface area contributed by atoms with Crippen LogP contribution < -0.4 is 5.73 Å². The molecule has 0 aliphatic heterocycles. The highest BCUT2D eigenvalue weighted by atomic mass is 32.2. The fourth-order valence-electron chi connectivity index (χ4n) is 2.39. The van der Waals surface area contributed by atoms with Crippen molar-refractivity contribution >= 4 is 28.8 Å².